The molecule has 2 heterocycles. The fourth-order valence-corrected chi connectivity index (χ4v) is 4.49. The van der Waals surface area contributed by atoms with Crippen molar-refractivity contribution in [2.45, 2.75) is 38.7 Å². The van der Waals surface area contributed by atoms with E-state index in [0.29, 0.717) is 27.5 Å². The number of nitrogens with one attached hydrogen (secondary N) is 2. The highest BCUT2D eigenvalue weighted by Gasteiger charge is 2.47. The van der Waals surface area contributed by atoms with Crippen molar-refractivity contribution in [1.82, 2.24) is 4.98 Å². The Morgan fingerprint density at radius 1 is 1.50 bits per heavy atom. The number of thiazole rings is 1. The molecule has 4 rings (SSSR count). The van der Waals surface area contributed by atoms with Crippen LogP contribution in [0.1, 0.15) is 30.8 Å². The van der Waals surface area contributed by atoms with Gasteiger partial charge in [0.2, 0.25) is 0 Å². The Hall–Kier alpha value is -2.12. The van der Waals surface area contributed by atoms with Crippen molar-refractivity contribution in [3.05, 3.63) is 33.8 Å². The summed E-state index contributed by atoms with van der Waals surface area (Å²) in [5.41, 5.74) is -0.186. The Morgan fingerprint density at radius 3 is 3.12 bits per heavy atom. The van der Waals surface area contributed by atoms with Crippen LogP contribution in [0.2, 0.25) is 5.02 Å². The fraction of sp³-hybridized carbons (Fsp3) is 0.389. The molecule has 2 aliphatic rings. The van der Waals surface area contributed by atoms with E-state index < -0.39 is 17.4 Å². The van der Waals surface area contributed by atoms with Crippen LogP contribution in [0.15, 0.2) is 18.2 Å². The molecule has 1 aliphatic heterocycles. The third-order valence-electron chi connectivity index (χ3n) is 4.78. The number of aryl methyl sites for hydroxylation is 1. The van der Waals surface area contributed by atoms with E-state index in [0.717, 1.165) is 25.0 Å². The van der Waals surface area contributed by atoms with Gasteiger partial charge in [0.05, 0.1) is 11.4 Å². The molecule has 0 saturated carbocycles. The molecule has 136 valence electrons. The predicted molar refractivity (Wildman–Crippen MR) is 101 cm³/mol. The van der Waals surface area contributed by atoms with E-state index in [1.165, 1.54) is 23.1 Å². The number of hydrogen-bond donors (Lipinski definition) is 2. The van der Waals surface area contributed by atoms with Gasteiger partial charge in [-0.15, -0.1) is 11.3 Å². The molecule has 0 saturated heterocycles. The summed E-state index contributed by atoms with van der Waals surface area (Å²) < 4.78 is 5.73. The first kappa shape index (κ1) is 17.3. The Labute approximate surface area is 159 Å². The average Bonchev–Trinajstić information content (AvgIpc) is 2.97. The molecule has 2 aromatic rings. The number of aromatic nitrogens is 1. The molecule has 8 heteroatoms. The summed E-state index contributed by atoms with van der Waals surface area (Å²) >= 11 is 7.40. The van der Waals surface area contributed by atoms with Crippen molar-refractivity contribution >= 4 is 45.6 Å². The van der Waals surface area contributed by atoms with Gasteiger partial charge in [-0.05, 0) is 50.3 Å². The minimum absolute atomic E-state index is 0.402. The second-order valence-electron chi connectivity index (χ2n) is 6.92. The smallest absolute Gasteiger partial charge is 0.280 e. The van der Waals surface area contributed by atoms with Gasteiger partial charge in [-0.3, -0.25) is 14.9 Å². The van der Waals surface area contributed by atoms with Crippen molar-refractivity contribution < 1.29 is 14.3 Å². The Morgan fingerprint density at radius 2 is 2.31 bits per heavy atom. The van der Waals surface area contributed by atoms with Crippen LogP contribution < -0.4 is 15.4 Å². The van der Waals surface area contributed by atoms with E-state index in [2.05, 4.69) is 22.5 Å². The van der Waals surface area contributed by atoms with E-state index in [4.69, 9.17) is 16.3 Å². The van der Waals surface area contributed by atoms with E-state index in [9.17, 15) is 9.59 Å². The molecule has 0 fully saturated rings. The fourth-order valence-electron chi connectivity index (χ4n) is 3.16. The first-order chi connectivity index (χ1) is 12.3. The number of fused-ring (bicyclic) bond motifs is 2. The molecule has 0 radical (unpaired) electrons. The summed E-state index contributed by atoms with van der Waals surface area (Å²) in [6.07, 6.45) is 3.00. The summed E-state index contributed by atoms with van der Waals surface area (Å²) in [7, 11) is 0. The van der Waals surface area contributed by atoms with Gasteiger partial charge in [0.25, 0.3) is 17.4 Å². The second kappa shape index (κ2) is 6.25. The number of amides is 2. The van der Waals surface area contributed by atoms with E-state index in [-0.39, 0.29) is 0 Å². The minimum atomic E-state index is -1.68. The standard InChI is InChI=1S/C18H18ClN3O3S/c1-9-3-5-11-14(7-9)26-17(21-11)22-16(24)18(2)15(23)20-12-8-10(19)4-6-13(12)25-18/h4,6,8-9H,3,5,7H2,1-2H3,(H,20,23)(H,21,22,24). The van der Waals surface area contributed by atoms with Crippen LogP contribution in [-0.4, -0.2) is 22.4 Å². The largest absolute Gasteiger partial charge is 0.466 e. The van der Waals surface area contributed by atoms with Gasteiger partial charge in [0, 0.05) is 9.90 Å². The molecule has 2 atom stereocenters. The zero-order valence-corrected chi connectivity index (χ0v) is 16.0. The van der Waals surface area contributed by atoms with E-state index in [1.54, 1.807) is 18.2 Å². The molecule has 2 N–H and O–H groups in total. The summed E-state index contributed by atoms with van der Waals surface area (Å²) in [4.78, 5) is 31.0. The van der Waals surface area contributed by atoms with Crippen molar-refractivity contribution in [3.63, 3.8) is 0 Å². The highest BCUT2D eigenvalue weighted by atomic mass is 35.5. The van der Waals surface area contributed by atoms with Gasteiger partial charge in [0.1, 0.15) is 5.75 Å². The Kier molecular flexibility index (Phi) is 4.16. The number of carbonyl (C=O) groups excluding carboxylic acids is 2. The number of nitrogens with zero attached hydrogens (tertiary/aromatic N) is 1. The molecular weight excluding hydrogens is 374 g/mol. The quantitative estimate of drug-likeness (QED) is 0.766. The number of benzene rings is 1. The van der Waals surface area contributed by atoms with Crippen LogP contribution in [0, 0.1) is 5.92 Å². The number of anilines is 2. The number of rotatable bonds is 2. The zero-order valence-electron chi connectivity index (χ0n) is 14.4. The summed E-state index contributed by atoms with van der Waals surface area (Å²) in [5, 5.41) is 6.42. The number of carbonyl (C=O) groups is 2. The van der Waals surface area contributed by atoms with Crippen LogP contribution >= 0.6 is 22.9 Å². The number of ether oxygens (including phenoxy) is 1. The lowest BCUT2D eigenvalue weighted by Crippen LogP contribution is -2.56. The molecule has 1 aliphatic carbocycles. The summed E-state index contributed by atoms with van der Waals surface area (Å²) in [6, 6.07) is 4.86. The summed E-state index contributed by atoms with van der Waals surface area (Å²) in [6.45, 7) is 3.66. The van der Waals surface area contributed by atoms with Crippen molar-refractivity contribution in [2.24, 2.45) is 5.92 Å². The molecule has 0 spiro atoms. The van der Waals surface area contributed by atoms with Crippen molar-refractivity contribution in [2.75, 3.05) is 10.6 Å². The third-order valence-corrected chi connectivity index (χ3v) is 6.05. The molecule has 1 aromatic carbocycles. The molecule has 26 heavy (non-hydrogen) atoms. The van der Waals surface area contributed by atoms with Crippen molar-refractivity contribution in [3.8, 4) is 5.75 Å². The second-order valence-corrected chi connectivity index (χ2v) is 8.44. The predicted octanol–water partition coefficient (Wildman–Crippen LogP) is 3.65. The molecule has 2 amide bonds. The zero-order chi connectivity index (χ0) is 18.5. The van der Waals surface area contributed by atoms with Gasteiger partial charge in [-0.1, -0.05) is 18.5 Å². The van der Waals surface area contributed by atoms with E-state index >= 15 is 0 Å². The van der Waals surface area contributed by atoms with Gasteiger partial charge in [-0.25, -0.2) is 4.98 Å². The summed E-state index contributed by atoms with van der Waals surface area (Å²) in [5.74, 6) is -0.0619. The topological polar surface area (TPSA) is 80.3 Å². The molecule has 0 bridgehead atoms. The Bertz CT molecular complexity index is 913. The van der Waals surface area contributed by atoms with Crippen LogP contribution in [0.4, 0.5) is 10.8 Å². The van der Waals surface area contributed by atoms with Crippen molar-refractivity contribution in [1.29, 1.82) is 0 Å². The lowest BCUT2D eigenvalue weighted by molar-refractivity contribution is -0.143. The SMILES string of the molecule is CC1CCc2nc(NC(=O)C3(C)Oc4ccc(Cl)cc4NC3=O)sc2C1. The minimum Gasteiger partial charge on any atom is -0.466 e. The number of halogens is 1. The maximum absolute atomic E-state index is 12.8. The van der Waals surface area contributed by atoms with Crippen LogP contribution in [0.25, 0.3) is 0 Å². The van der Waals surface area contributed by atoms with Gasteiger partial charge < -0.3 is 10.1 Å². The molecule has 6 nitrogen and oxygen atoms in total. The Balaban J connectivity index is 1.56. The maximum atomic E-state index is 12.8. The van der Waals surface area contributed by atoms with Crippen LogP contribution in [0.3, 0.4) is 0 Å². The van der Waals surface area contributed by atoms with Gasteiger partial charge >= 0.3 is 0 Å². The highest BCUT2D eigenvalue weighted by molar-refractivity contribution is 7.15. The van der Waals surface area contributed by atoms with Gasteiger partial charge in [-0.2, -0.15) is 0 Å². The van der Waals surface area contributed by atoms with E-state index in [1.807, 2.05) is 0 Å². The third kappa shape index (κ3) is 2.95. The monoisotopic (exact) mass is 391 g/mol. The molecule has 1 aromatic heterocycles. The number of hydrogen-bond acceptors (Lipinski definition) is 5. The highest BCUT2D eigenvalue weighted by Crippen LogP contribution is 2.37. The van der Waals surface area contributed by atoms with Gasteiger partial charge in [0.15, 0.2) is 5.13 Å². The lowest BCUT2D eigenvalue weighted by atomic mass is 9.93. The normalized spacial score (nSPS) is 24.1. The maximum Gasteiger partial charge on any atom is 0.280 e. The van der Waals surface area contributed by atoms with Crippen LogP contribution in [0.5, 0.6) is 5.75 Å². The lowest BCUT2D eigenvalue weighted by Gasteiger charge is -2.33. The van der Waals surface area contributed by atoms with Crippen LogP contribution in [-0.2, 0) is 22.4 Å². The first-order valence-electron chi connectivity index (χ1n) is 8.45. The molecular formula is C18H18ClN3O3S. The molecule has 2 unspecified atom stereocenters. The average molecular weight is 392 g/mol. The first-order valence-corrected chi connectivity index (χ1v) is 9.64.